The molecule has 2 aromatic rings. The number of piperidine rings is 1. The second-order valence-electron chi connectivity index (χ2n) is 9.78. The van der Waals surface area contributed by atoms with Gasteiger partial charge in [-0.3, -0.25) is 9.69 Å². The zero-order valence-corrected chi connectivity index (χ0v) is 21.7. The minimum atomic E-state index is -5.22. The summed E-state index contributed by atoms with van der Waals surface area (Å²) in [5, 5.41) is 2.72. The lowest BCUT2D eigenvalue weighted by Crippen LogP contribution is -2.53. The van der Waals surface area contributed by atoms with Crippen molar-refractivity contribution in [1.29, 1.82) is 0 Å². The number of fused-ring (bicyclic) bond motifs is 1. The number of likely N-dealkylation sites (tertiary alicyclic amines) is 1. The first kappa shape index (κ1) is 27.0. The van der Waals surface area contributed by atoms with Crippen LogP contribution >= 0.6 is 22.6 Å². The van der Waals surface area contributed by atoms with E-state index in [0.29, 0.717) is 23.5 Å². The second-order valence-corrected chi connectivity index (χ2v) is 10.4. The Kier molecular flexibility index (Phi) is 7.28. The van der Waals surface area contributed by atoms with Crippen molar-refractivity contribution >= 4 is 28.5 Å². The number of carbonyl (C=O) groups excluding carboxylic acids is 1. The van der Waals surface area contributed by atoms with E-state index < -0.39 is 52.3 Å². The Morgan fingerprint density at radius 2 is 1.67 bits per heavy atom. The first-order valence-corrected chi connectivity index (χ1v) is 12.9. The quantitative estimate of drug-likeness (QED) is 0.212. The molecule has 0 spiro atoms. The van der Waals surface area contributed by atoms with Gasteiger partial charge < -0.3 is 10.1 Å². The zero-order valence-electron chi connectivity index (χ0n) is 19.5. The van der Waals surface area contributed by atoms with Crippen molar-refractivity contribution in [3.05, 3.63) is 64.7 Å². The van der Waals surface area contributed by atoms with Crippen LogP contribution in [-0.4, -0.2) is 34.0 Å². The van der Waals surface area contributed by atoms with Crippen LogP contribution in [0.15, 0.2) is 42.5 Å². The van der Waals surface area contributed by atoms with Gasteiger partial charge in [0.2, 0.25) is 0 Å². The van der Waals surface area contributed by atoms with E-state index in [1.807, 2.05) is 13.8 Å². The summed E-state index contributed by atoms with van der Waals surface area (Å²) in [5.74, 6) is -0.767. The molecule has 1 N–H and O–H groups in total. The Morgan fingerprint density at radius 3 is 2.19 bits per heavy atom. The van der Waals surface area contributed by atoms with Crippen molar-refractivity contribution < 1.29 is 35.9 Å². The number of hydrogen-bond acceptors (Lipinski definition) is 3. The maximum absolute atomic E-state index is 14.0. The number of carbonyl (C=O) groups is 1. The minimum absolute atomic E-state index is 0.0361. The molecule has 4 rings (SSSR count). The average molecular weight is 626 g/mol. The van der Waals surface area contributed by atoms with E-state index in [4.69, 9.17) is 4.74 Å². The predicted molar refractivity (Wildman–Crippen MR) is 130 cm³/mol. The van der Waals surface area contributed by atoms with Crippen LogP contribution in [0.4, 0.5) is 26.3 Å². The number of nitrogens with one attached hydrogen (secondary N) is 1. The fraction of sp³-hybridized carbons (Fsp3) is 0.480. The lowest BCUT2D eigenvalue weighted by atomic mass is 9.86. The number of hydrogen-bond donors (Lipinski definition) is 1. The molecule has 2 aromatic carbocycles. The monoisotopic (exact) mass is 626 g/mol. The van der Waals surface area contributed by atoms with Crippen LogP contribution in [0.1, 0.15) is 53.4 Å². The maximum atomic E-state index is 14.0. The molecule has 1 heterocycles. The topological polar surface area (TPSA) is 41.6 Å². The summed E-state index contributed by atoms with van der Waals surface area (Å²) in [5.41, 5.74) is -4.20. The summed E-state index contributed by atoms with van der Waals surface area (Å²) in [6.45, 7) is 5.45. The lowest BCUT2D eigenvalue weighted by molar-refractivity contribution is -0.143. The van der Waals surface area contributed by atoms with Gasteiger partial charge in [-0.2, -0.15) is 26.3 Å². The summed E-state index contributed by atoms with van der Waals surface area (Å²) >= 11 is 1.65. The lowest BCUT2D eigenvalue weighted by Gasteiger charge is -2.43. The van der Waals surface area contributed by atoms with Gasteiger partial charge in [0, 0.05) is 18.6 Å². The Bertz CT molecular complexity index is 1110. The molecule has 11 heteroatoms. The van der Waals surface area contributed by atoms with Crippen molar-refractivity contribution in [2.75, 3.05) is 17.7 Å². The summed E-state index contributed by atoms with van der Waals surface area (Å²) in [6, 6.07) is 8.51. The van der Waals surface area contributed by atoms with Crippen molar-refractivity contribution in [2.24, 2.45) is 11.8 Å². The van der Waals surface area contributed by atoms with Gasteiger partial charge in [0.25, 0.3) is 5.91 Å². The highest BCUT2D eigenvalue weighted by atomic mass is 127. The molecule has 1 saturated heterocycles. The molecular formula is C25H25F6IN2O2. The Labute approximate surface area is 218 Å². The molecule has 0 aromatic heterocycles. The molecule has 1 saturated carbocycles. The molecule has 4 nitrogen and oxygen atoms in total. The third-order valence-corrected chi connectivity index (χ3v) is 7.39. The van der Waals surface area contributed by atoms with Crippen molar-refractivity contribution in [3.8, 4) is 5.75 Å². The van der Waals surface area contributed by atoms with Crippen LogP contribution in [0.25, 0.3) is 0 Å². The Morgan fingerprint density at radius 1 is 1.06 bits per heavy atom. The smallest absolute Gasteiger partial charge is 0.417 e. The van der Waals surface area contributed by atoms with E-state index in [0.717, 1.165) is 19.5 Å². The number of halogens is 7. The second kappa shape index (κ2) is 9.70. The van der Waals surface area contributed by atoms with Gasteiger partial charge in [-0.15, -0.1) is 0 Å². The fourth-order valence-electron chi connectivity index (χ4n) is 4.98. The van der Waals surface area contributed by atoms with Gasteiger partial charge in [-0.1, -0.05) is 30.3 Å². The van der Waals surface area contributed by atoms with Gasteiger partial charge >= 0.3 is 12.4 Å². The molecule has 0 radical (unpaired) electrons. The van der Waals surface area contributed by atoms with Crippen LogP contribution in [0.5, 0.6) is 5.75 Å². The SMILES string of the molecule is CC(C)(C(NC(=O)c1c(OCI)cc(C(F)(F)F)cc1C(F)(F)F)c1ccccc1)N1CC2CC2C1. The highest BCUT2D eigenvalue weighted by Gasteiger charge is 2.51. The van der Waals surface area contributed by atoms with E-state index >= 15 is 0 Å². The van der Waals surface area contributed by atoms with E-state index in [-0.39, 0.29) is 10.7 Å². The van der Waals surface area contributed by atoms with Crippen molar-refractivity contribution in [1.82, 2.24) is 10.2 Å². The molecule has 2 aliphatic rings. The number of rotatable bonds is 7. The van der Waals surface area contributed by atoms with Crippen LogP contribution in [-0.2, 0) is 12.4 Å². The molecule has 0 bridgehead atoms. The van der Waals surface area contributed by atoms with E-state index in [2.05, 4.69) is 10.2 Å². The fourth-order valence-corrected chi connectivity index (χ4v) is 5.31. The van der Waals surface area contributed by atoms with E-state index in [1.165, 1.54) is 0 Å². The number of alkyl halides is 7. The molecule has 36 heavy (non-hydrogen) atoms. The first-order chi connectivity index (χ1) is 16.7. The average Bonchev–Trinajstić information content (AvgIpc) is 3.40. The highest BCUT2D eigenvalue weighted by Crippen LogP contribution is 2.49. The van der Waals surface area contributed by atoms with Crippen LogP contribution in [0.3, 0.4) is 0 Å². The third kappa shape index (κ3) is 5.46. The summed E-state index contributed by atoms with van der Waals surface area (Å²) < 4.78 is 86.9. The van der Waals surface area contributed by atoms with Crippen LogP contribution < -0.4 is 10.1 Å². The number of amides is 1. The summed E-state index contributed by atoms with van der Waals surface area (Å²) in [7, 11) is 0. The van der Waals surface area contributed by atoms with Crippen molar-refractivity contribution in [2.45, 2.75) is 44.2 Å². The van der Waals surface area contributed by atoms with E-state index in [1.54, 1.807) is 52.9 Å². The Balaban J connectivity index is 1.78. The van der Waals surface area contributed by atoms with Gasteiger partial charge in [0.15, 0.2) is 0 Å². The molecule has 3 atom stereocenters. The van der Waals surface area contributed by atoms with Gasteiger partial charge in [-0.25, -0.2) is 0 Å². The zero-order chi connectivity index (χ0) is 26.5. The molecular weight excluding hydrogens is 601 g/mol. The number of ether oxygens (including phenoxy) is 1. The van der Waals surface area contributed by atoms with Crippen LogP contribution in [0.2, 0.25) is 0 Å². The minimum Gasteiger partial charge on any atom is -0.482 e. The van der Waals surface area contributed by atoms with E-state index in [9.17, 15) is 31.1 Å². The van der Waals surface area contributed by atoms with Crippen molar-refractivity contribution in [3.63, 3.8) is 0 Å². The summed E-state index contributed by atoms with van der Waals surface area (Å²) in [6.07, 6.45) is -9.12. The molecule has 196 valence electrons. The standard InChI is InChI=1S/C25H25F6IN2O2/c1-23(2,34-11-15-8-16(15)12-34)21(14-6-4-3-5-7-14)33-22(35)20-18(25(29,30)31)9-17(24(26,27)28)10-19(20)36-13-32/h3-7,9-10,15-16,21H,8,11-13H2,1-2H3,(H,33,35). The maximum Gasteiger partial charge on any atom is 0.417 e. The number of nitrogens with zero attached hydrogens (tertiary/aromatic N) is 1. The third-order valence-electron chi connectivity index (χ3n) is 7.08. The normalized spacial score (nSPS) is 21.1. The number of benzene rings is 2. The molecule has 1 aliphatic heterocycles. The van der Waals surface area contributed by atoms with Gasteiger partial charge in [0.1, 0.15) is 10.4 Å². The largest absolute Gasteiger partial charge is 0.482 e. The van der Waals surface area contributed by atoms with Crippen LogP contribution in [0, 0.1) is 11.8 Å². The molecule has 1 aliphatic carbocycles. The predicted octanol–water partition coefficient (Wildman–Crippen LogP) is 6.70. The summed E-state index contributed by atoms with van der Waals surface area (Å²) in [4.78, 5) is 15.7. The molecule has 3 unspecified atom stereocenters. The first-order valence-electron chi connectivity index (χ1n) is 11.4. The molecule has 1 amide bonds. The Hall–Kier alpha value is -2.02. The molecule has 2 fully saturated rings. The highest BCUT2D eigenvalue weighted by molar-refractivity contribution is 14.1. The van der Waals surface area contributed by atoms with Gasteiger partial charge in [-0.05, 0) is 72.4 Å². The van der Waals surface area contributed by atoms with Gasteiger partial charge in [0.05, 0.1) is 22.7 Å².